The van der Waals surface area contributed by atoms with Crippen molar-refractivity contribution < 1.29 is 9.47 Å². The van der Waals surface area contributed by atoms with Crippen LogP contribution in [0.25, 0.3) is 10.9 Å². The molecule has 0 aliphatic carbocycles. The molecule has 3 rings (SSSR count). The van der Waals surface area contributed by atoms with Crippen molar-refractivity contribution in [3.8, 4) is 11.5 Å². The normalized spacial score (nSPS) is 10.6. The second-order valence-electron chi connectivity index (χ2n) is 5.08. The topological polar surface area (TPSA) is 43.4 Å². The molecule has 23 heavy (non-hydrogen) atoms. The monoisotopic (exact) mass is 328 g/mol. The van der Waals surface area contributed by atoms with Crippen molar-refractivity contribution in [3.05, 3.63) is 59.2 Å². The molecule has 3 aromatic rings. The predicted molar refractivity (Wildman–Crippen MR) is 93.6 cm³/mol. The van der Waals surface area contributed by atoms with Gasteiger partial charge in [0.15, 0.2) is 0 Å². The smallest absolute Gasteiger partial charge is 0.131 e. The van der Waals surface area contributed by atoms with Crippen LogP contribution in [0.4, 0.5) is 5.69 Å². The highest BCUT2D eigenvalue weighted by Gasteiger charge is 2.06. The van der Waals surface area contributed by atoms with Gasteiger partial charge >= 0.3 is 0 Å². The van der Waals surface area contributed by atoms with Gasteiger partial charge in [0.05, 0.1) is 19.7 Å². The van der Waals surface area contributed by atoms with Crippen molar-refractivity contribution in [2.75, 3.05) is 19.5 Å². The van der Waals surface area contributed by atoms with E-state index in [-0.39, 0.29) is 0 Å². The molecule has 0 amide bonds. The summed E-state index contributed by atoms with van der Waals surface area (Å²) in [6.45, 7) is 0.677. The van der Waals surface area contributed by atoms with Gasteiger partial charge in [0.1, 0.15) is 16.7 Å². The first kappa shape index (κ1) is 15.4. The Morgan fingerprint density at radius 1 is 0.957 bits per heavy atom. The fraction of sp³-hybridized carbons (Fsp3) is 0.167. The maximum absolute atomic E-state index is 6.12. The lowest BCUT2D eigenvalue weighted by Gasteiger charge is -2.12. The third-order valence-corrected chi connectivity index (χ3v) is 3.82. The molecule has 0 radical (unpaired) electrons. The molecule has 0 bridgehead atoms. The number of ether oxygens (including phenoxy) is 2. The maximum atomic E-state index is 6.12. The van der Waals surface area contributed by atoms with Crippen LogP contribution >= 0.6 is 11.6 Å². The van der Waals surface area contributed by atoms with Gasteiger partial charge in [0.25, 0.3) is 0 Å². The van der Waals surface area contributed by atoms with E-state index in [4.69, 9.17) is 21.1 Å². The number of fused-ring (bicyclic) bond motifs is 1. The second-order valence-corrected chi connectivity index (χ2v) is 5.46. The van der Waals surface area contributed by atoms with Gasteiger partial charge in [-0.3, -0.25) is 0 Å². The average Bonchev–Trinajstić information content (AvgIpc) is 2.59. The predicted octanol–water partition coefficient (Wildman–Crippen LogP) is 4.52. The number of nitrogens with zero attached hydrogens (tertiary/aromatic N) is 1. The van der Waals surface area contributed by atoms with Gasteiger partial charge in [-0.25, -0.2) is 4.98 Å². The minimum Gasteiger partial charge on any atom is -0.497 e. The van der Waals surface area contributed by atoms with Gasteiger partial charge in [-0.05, 0) is 42.0 Å². The first-order valence-corrected chi connectivity index (χ1v) is 7.58. The minimum atomic E-state index is 0.458. The van der Waals surface area contributed by atoms with Crippen molar-refractivity contribution in [3.63, 3.8) is 0 Å². The van der Waals surface area contributed by atoms with Crippen molar-refractivity contribution in [2.24, 2.45) is 0 Å². The van der Waals surface area contributed by atoms with Crippen LogP contribution in [0.1, 0.15) is 5.56 Å². The van der Waals surface area contributed by atoms with Crippen LogP contribution in [-0.4, -0.2) is 19.2 Å². The Balaban J connectivity index is 1.88. The zero-order valence-corrected chi connectivity index (χ0v) is 13.7. The molecule has 4 nitrogen and oxygen atoms in total. The Morgan fingerprint density at radius 2 is 1.65 bits per heavy atom. The van der Waals surface area contributed by atoms with Crippen LogP contribution < -0.4 is 14.8 Å². The first-order valence-electron chi connectivity index (χ1n) is 7.20. The molecule has 1 aromatic heterocycles. The maximum Gasteiger partial charge on any atom is 0.131 e. The summed E-state index contributed by atoms with van der Waals surface area (Å²) in [4.78, 5) is 4.34. The van der Waals surface area contributed by atoms with Crippen LogP contribution in [0.2, 0.25) is 5.15 Å². The molecular formula is C18H17ClN2O2. The van der Waals surface area contributed by atoms with E-state index in [0.717, 1.165) is 33.7 Å². The number of hydrogen-bond acceptors (Lipinski definition) is 4. The van der Waals surface area contributed by atoms with Gasteiger partial charge in [-0.2, -0.15) is 0 Å². The van der Waals surface area contributed by atoms with Crippen molar-refractivity contribution in [1.29, 1.82) is 0 Å². The number of anilines is 1. The summed E-state index contributed by atoms with van der Waals surface area (Å²) in [6.07, 6.45) is 0. The number of benzene rings is 2. The number of pyridine rings is 1. The number of aromatic nitrogens is 1. The Morgan fingerprint density at radius 3 is 2.35 bits per heavy atom. The molecule has 0 saturated carbocycles. The zero-order valence-electron chi connectivity index (χ0n) is 13.0. The van der Waals surface area contributed by atoms with Crippen LogP contribution in [-0.2, 0) is 6.54 Å². The van der Waals surface area contributed by atoms with Crippen molar-refractivity contribution in [2.45, 2.75) is 6.54 Å². The van der Waals surface area contributed by atoms with E-state index in [1.165, 1.54) is 0 Å². The molecule has 1 heterocycles. The van der Waals surface area contributed by atoms with Gasteiger partial charge in [0.2, 0.25) is 0 Å². The summed E-state index contributed by atoms with van der Waals surface area (Å²) in [7, 11) is 3.31. The highest BCUT2D eigenvalue weighted by atomic mass is 35.5. The lowest BCUT2D eigenvalue weighted by molar-refractivity contribution is 0.414. The first-order chi connectivity index (χ1) is 11.2. The molecule has 0 aliphatic rings. The van der Waals surface area contributed by atoms with Gasteiger partial charge in [-0.15, -0.1) is 0 Å². The van der Waals surface area contributed by atoms with Gasteiger partial charge < -0.3 is 14.8 Å². The molecular weight excluding hydrogens is 312 g/mol. The molecule has 0 fully saturated rings. The lowest BCUT2D eigenvalue weighted by Crippen LogP contribution is -2.01. The Labute approximate surface area is 140 Å². The van der Waals surface area contributed by atoms with Crippen LogP contribution in [0.5, 0.6) is 11.5 Å². The van der Waals surface area contributed by atoms with E-state index in [2.05, 4.69) is 10.3 Å². The third-order valence-electron chi connectivity index (χ3n) is 3.63. The van der Waals surface area contributed by atoms with Crippen molar-refractivity contribution in [1.82, 2.24) is 4.98 Å². The largest absolute Gasteiger partial charge is 0.497 e. The molecule has 0 unspecified atom stereocenters. The number of nitrogens with one attached hydrogen (secondary N) is 1. The zero-order chi connectivity index (χ0) is 16.2. The van der Waals surface area contributed by atoms with E-state index < -0.39 is 0 Å². The van der Waals surface area contributed by atoms with Crippen molar-refractivity contribution >= 4 is 28.2 Å². The Bertz CT molecular complexity index is 819. The molecule has 5 heteroatoms. The quantitative estimate of drug-likeness (QED) is 0.699. The fourth-order valence-electron chi connectivity index (χ4n) is 2.39. The van der Waals surface area contributed by atoms with Crippen LogP contribution in [0, 0.1) is 0 Å². The standard InChI is InChI=1S/C18H17ClN2O2/c1-22-13-5-3-12(4-6-13)11-20-17-10-18(19)21-16-8-7-14(23-2)9-15(16)17/h3-10H,11H2,1-2H3,(H,20,21). The fourth-order valence-corrected chi connectivity index (χ4v) is 2.59. The summed E-state index contributed by atoms with van der Waals surface area (Å²) in [5.41, 5.74) is 2.90. The molecule has 0 spiro atoms. The SMILES string of the molecule is COc1ccc(CNc2cc(Cl)nc3ccc(OC)cc23)cc1. The minimum absolute atomic E-state index is 0.458. The van der Waals surface area contributed by atoms with Crippen LogP contribution in [0.3, 0.4) is 0 Å². The number of halogens is 1. The van der Waals surface area contributed by atoms with Gasteiger partial charge in [0, 0.05) is 17.6 Å². The lowest BCUT2D eigenvalue weighted by atomic mass is 10.1. The highest BCUT2D eigenvalue weighted by molar-refractivity contribution is 6.30. The molecule has 0 saturated heterocycles. The van der Waals surface area contributed by atoms with E-state index in [1.54, 1.807) is 14.2 Å². The molecule has 2 aromatic carbocycles. The summed E-state index contributed by atoms with van der Waals surface area (Å²) >= 11 is 6.12. The average molecular weight is 329 g/mol. The third kappa shape index (κ3) is 3.48. The summed E-state index contributed by atoms with van der Waals surface area (Å²) in [6, 6.07) is 15.5. The summed E-state index contributed by atoms with van der Waals surface area (Å²) in [5, 5.41) is 4.85. The number of methoxy groups -OCH3 is 2. The summed E-state index contributed by atoms with van der Waals surface area (Å²) in [5.74, 6) is 1.63. The molecule has 0 atom stereocenters. The van der Waals surface area contributed by atoms with E-state index >= 15 is 0 Å². The van der Waals surface area contributed by atoms with E-state index in [0.29, 0.717) is 11.7 Å². The molecule has 0 aliphatic heterocycles. The van der Waals surface area contributed by atoms with E-state index in [1.807, 2.05) is 48.5 Å². The van der Waals surface area contributed by atoms with E-state index in [9.17, 15) is 0 Å². The highest BCUT2D eigenvalue weighted by Crippen LogP contribution is 2.29. The Hall–Kier alpha value is -2.46. The van der Waals surface area contributed by atoms with Crippen LogP contribution in [0.15, 0.2) is 48.5 Å². The number of hydrogen-bond donors (Lipinski definition) is 1. The van der Waals surface area contributed by atoms with Gasteiger partial charge in [-0.1, -0.05) is 23.7 Å². The second kappa shape index (κ2) is 6.75. The Kier molecular flexibility index (Phi) is 4.53. The summed E-state index contributed by atoms with van der Waals surface area (Å²) < 4.78 is 10.5. The molecule has 1 N–H and O–H groups in total. The molecule has 118 valence electrons. The number of rotatable bonds is 5.